The number of carboxylic acid groups (broad SMARTS) is 2. The fraction of sp³-hybridized carbons (Fsp3) is 0. The maximum Gasteiger partial charge on any atom is 0.503 e. The molecule has 1 aromatic heterocycles. The van der Waals surface area contributed by atoms with Gasteiger partial charge in [-0.15, -0.1) is 11.3 Å². The third kappa shape index (κ3) is 10.9. The van der Waals surface area contributed by atoms with Gasteiger partial charge < -0.3 is 10.2 Å². The molecule has 0 bridgehead atoms. The fourth-order valence-electron chi connectivity index (χ4n) is 0.176. The van der Waals surface area contributed by atoms with Crippen molar-refractivity contribution in [1.29, 1.82) is 0 Å². The Balaban J connectivity index is 0.000000148. The molecular formula is C4H5NO3S. The van der Waals surface area contributed by atoms with Crippen molar-refractivity contribution < 1.29 is 15.0 Å². The van der Waals surface area contributed by atoms with Crippen LogP contribution in [-0.4, -0.2) is 21.4 Å². The largest absolute Gasteiger partial charge is 0.503 e. The van der Waals surface area contributed by atoms with E-state index in [1.165, 1.54) is 0 Å². The lowest BCUT2D eigenvalue weighted by Crippen LogP contribution is -1.81. The van der Waals surface area contributed by atoms with Crippen LogP contribution in [0.2, 0.25) is 0 Å². The van der Waals surface area contributed by atoms with Crippen molar-refractivity contribution in [2.75, 3.05) is 0 Å². The predicted octanol–water partition coefficient (Wildman–Crippen LogP) is 1.37. The van der Waals surface area contributed by atoms with Gasteiger partial charge >= 0.3 is 6.16 Å². The van der Waals surface area contributed by atoms with E-state index in [0.29, 0.717) is 0 Å². The first-order chi connectivity index (χ1) is 4.23. The molecule has 0 aromatic carbocycles. The van der Waals surface area contributed by atoms with Crippen LogP contribution in [0.15, 0.2) is 17.1 Å². The fourth-order valence-corrected chi connectivity index (χ4v) is 0.527. The molecule has 9 heavy (non-hydrogen) atoms. The Morgan fingerprint density at radius 1 is 1.56 bits per heavy atom. The molecule has 0 aliphatic heterocycles. The van der Waals surface area contributed by atoms with Crippen molar-refractivity contribution in [1.82, 2.24) is 4.98 Å². The maximum atomic E-state index is 8.56. The van der Waals surface area contributed by atoms with E-state index in [0.717, 1.165) is 0 Å². The van der Waals surface area contributed by atoms with Crippen LogP contribution in [-0.2, 0) is 0 Å². The lowest BCUT2D eigenvalue weighted by Gasteiger charge is -1.60. The Morgan fingerprint density at radius 2 is 2.11 bits per heavy atom. The minimum absolute atomic E-state index is 1.60. The molecule has 0 fully saturated rings. The van der Waals surface area contributed by atoms with Gasteiger partial charge in [-0.25, -0.2) is 4.79 Å². The first kappa shape index (κ1) is 7.90. The Labute approximate surface area is 55.4 Å². The number of thiazole rings is 1. The van der Waals surface area contributed by atoms with Gasteiger partial charge in [0.1, 0.15) is 0 Å². The molecule has 5 heteroatoms. The van der Waals surface area contributed by atoms with Crippen LogP contribution in [0.5, 0.6) is 0 Å². The van der Waals surface area contributed by atoms with Crippen molar-refractivity contribution in [2.24, 2.45) is 0 Å². The van der Waals surface area contributed by atoms with E-state index in [1.807, 2.05) is 5.38 Å². The van der Waals surface area contributed by atoms with Gasteiger partial charge in [0.2, 0.25) is 0 Å². The monoisotopic (exact) mass is 147 g/mol. The van der Waals surface area contributed by atoms with Crippen molar-refractivity contribution in [3.63, 3.8) is 0 Å². The van der Waals surface area contributed by atoms with Crippen molar-refractivity contribution >= 4 is 17.5 Å². The average Bonchev–Trinajstić information content (AvgIpc) is 2.11. The van der Waals surface area contributed by atoms with Gasteiger partial charge in [-0.3, -0.25) is 4.98 Å². The lowest BCUT2D eigenvalue weighted by molar-refractivity contribution is 0.137. The first-order valence-electron chi connectivity index (χ1n) is 1.97. The molecule has 0 spiro atoms. The Kier molecular flexibility index (Phi) is 4.43. The summed E-state index contributed by atoms with van der Waals surface area (Å²) in [7, 11) is 0. The molecule has 0 amide bonds. The van der Waals surface area contributed by atoms with Crippen LogP contribution in [0.4, 0.5) is 4.79 Å². The second-order valence-corrected chi connectivity index (χ2v) is 1.71. The highest BCUT2D eigenvalue weighted by Gasteiger charge is 1.70. The zero-order chi connectivity index (χ0) is 7.11. The van der Waals surface area contributed by atoms with Gasteiger partial charge in [-0.1, -0.05) is 0 Å². The van der Waals surface area contributed by atoms with Crippen LogP contribution in [0.1, 0.15) is 0 Å². The quantitative estimate of drug-likeness (QED) is 0.581. The summed E-state index contributed by atoms with van der Waals surface area (Å²) in [6.07, 6.45) is -0.0648. The van der Waals surface area contributed by atoms with Gasteiger partial charge in [0, 0.05) is 11.6 Å². The van der Waals surface area contributed by atoms with E-state index >= 15 is 0 Å². The van der Waals surface area contributed by atoms with Gasteiger partial charge in [0.05, 0.1) is 5.51 Å². The molecule has 4 nitrogen and oxygen atoms in total. The zero-order valence-corrected chi connectivity index (χ0v) is 5.21. The molecule has 0 aliphatic carbocycles. The van der Waals surface area contributed by atoms with Gasteiger partial charge in [-0.2, -0.15) is 0 Å². The maximum absolute atomic E-state index is 8.56. The molecule has 1 aromatic rings. The van der Waals surface area contributed by atoms with Crippen LogP contribution in [0.25, 0.3) is 0 Å². The Morgan fingerprint density at radius 3 is 2.22 bits per heavy atom. The van der Waals surface area contributed by atoms with E-state index in [2.05, 4.69) is 4.98 Å². The highest BCUT2D eigenvalue weighted by atomic mass is 32.1. The lowest BCUT2D eigenvalue weighted by atomic mass is 11.0. The summed E-state index contributed by atoms with van der Waals surface area (Å²) in [5.41, 5.74) is 1.79. The summed E-state index contributed by atoms with van der Waals surface area (Å²) in [6, 6.07) is 0. The van der Waals surface area contributed by atoms with E-state index in [4.69, 9.17) is 15.0 Å². The molecule has 0 saturated carbocycles. The Hall–Kier alpha value is -1.10. The Bertz CT molecular complexity index is 130. The third-order valence-electron chi connectivity index (χ3n) is 0.347. The molecule has 0 saturated heterocycles. The smallest absolute Gasteiger partial charge is 0.450 e. The molecule has 2 N–H and O–H groups in total. The number of aromatic nitrogens is 1. The second-order valence-electron chi connectivity index (χ2n) is 0.958. The average molecular weight is 147 g/mol. The molecule has 0 aliphatic rings. The standard InChI is InChI=1S/C3H3NS.CH2O3/c1-2-5-3-4-1;2-1(3)4/h1-3H;(H2,2,3,4). The van der Waals surface area contributed by atoms with Gasteiger partial charge in [0.25, 0.3) is 0 Å². The van der Waals surface area contributed by atoms with E-state index in [9.17, 15) is 0 Å². The topological polar surface area (TPSA) is 70.4 Å². The van der Waals surface area contributed by atoms with E-state index in [1.54, 1.807) is 23.0 Å². The minimum atomic E-state index is -1.83. The summed E-state index contributed by atoms with van der Waals surface area (Å²) >= 11 is 1.60. The number of nitrogens with zero attached hydrogens (tertiary/aromatic N) is 1. The van der Waals surface area contributed by atoms with Crippen LogP contribution in [0, 0.1) is 0 Å². The van der Waals surface area contributed by atoms with E-state index in [-0.39, 0.29) is 0 Å². The summed E-state index contributed by atoms with van der Waals surface area (Å²) in [6.45, 7) is 0. The predicted molar refractivity (Wildman–Crippen MR) is 32.8 cm³/mol. The minimum Gasteiger partial charge on any atom is -0.450 e. The summed E-state index contributed by atoms with van der Waals surface area (Å²) in [5.74, 6) is 0. The van der Waals surface area contributed by atoms with Crippen molar-refractivity contribution in [3.8, 4) is 0 Å². The molecule has 1 heterocycles. The van der Waals surface area contributed by atoms with E-state index < -0.39 is 6.16 Å². The molecule has 0 unspecified atom stereocenters. The zero-order valence-electron chi connectivity index (χ0n) is 4.39. The van der Waals surface area contributed by atoms with Gasteiger partial charge in [0.15, 0.2) is 0 Å². The molecule has 50 valence electrons. The van der Waals surface area contributed by atoms with Crippen molar-refractivity contribution in [2.45, 2.75) is 0 Å². The highest BCUT2D eigenvalue weighted by molar-refractivity contribution is 7.07. The number of rotatable bonds is 0. The van der Waals surface area contributed by atoms with Crippen LogP contribution < -0.4 is 0 Å². The molecular weight excluding hydrogens is 142 g/mol. The SMILES string of the molecule is O=C(O)O.c1cscn1. The summed E-state index contributed by atoms with van der Waals surface area (Å²) < 4.78 is 0. The van der Waals surface area contributed by atoms with Crippen LogP contribution in [0.3, 0.4) is 0 Å². The second kappa shape index (κ2) is 5.04. The number of hydrogen-bond acceptors (Lipinski definition) is 3. The van der Waals surface area contributed by atoms with Gasteiger partial charge in [-0.05, 0) is 0 Å². The number of hydrogen-bond donors (Lipinski definition) is 2. The number of carbonyl (C=O) groups is 1. The molecule has 0 radical (unpaired) electrons. The molecule has 1 rings (SSSR count). The molecule has 0 atom stereocenters. The summed E-state index contributed by atoms with van der Waals surface area (Å²) in [4.78, 5) is 12.3. The highest BCUT2D eigenvalue weighted by Crippen LogP contribution is 1.85. The van der Waals surface area contributed by atoms with Crippen LogP contribution >= 0.6 is 11.3 Å². The summed E-state index contributed by atoms with van der Waals surface area (Å²) in [5, 5.41) is 15.9. The van der Waals surface area contributed by atoms with Crippen molar-refractivity contribution in [3.05, 3.63) is 17.1 Å². The third-order valence-corrected chi connectivity index (χ3v) is 0.869. The first-order valence-corrected chi connectivity index (χ1v) is 2.92. The normalized spacial score (nSPS) is 7.11.